The van der Waals surface area contributed by atoms with Crippen LogP contribution in [0.15, 0.2) is 47.5 Å². The fourth-order valence-electron chi connectivity index (χ4n) is 1.62. The summed E-state index contributed by atoms with van der Waals surface area (Å²) in [6.45, 7) is 1.98. The van der Waals surface area contributed by atoms with Gasteiger partial charge in [-0.2, -0.15) is 0 Å². The van der Waals surface area contributed by atoms with Gasteiger partial charge in [-0.25, -0.2) is 4.98 Å². The molecular weight excluding hydrogens is 216 g/mol. The van der Waals surface area contributed by atoms with Crippen LogP contribution in [0.5, 0.6) is 0 Å². The molecule has 0 radical (unpaired) electrons. The zero-order chi connectivity index (χ0) is 12.3. The van der Waals surface area contributed by atoms with Crippen molar-refractivity contribution >= 4 is 0 Å². The van der Waals surface area contributed by atoms with Crippen molar-refractivity contribution < 1.29 is 5.11 Å². The molecule has 17 heavy (non-hydrogen) atoms. The highest BCUT2D eigenvalue weighted by Gasteiger charge is 2.08. The van der Waals surface area contributed by atoms with Gasteiger partial charge in [-0.05, 0) is 12.5 Å². The molecule has 0 aliphatic carbocycles. The Morgan fingerprint density at radius 3 is 2.71 bits per heavy atom. The number of aliphatic hydroxyl groups is 1. The number of aromatic nitrogens is 2. The maximum Gasteiger partial charge on any atom is 0.253 e. The van der Waals surface area contributed by atoms with Crippen molar-refractivity contribution in [1.29, 1.82) is 0 Å². The van der Waals surface area contributed by atoms with E-state index in [2.05, 4.69) is 4.98 Å². The Hall–Kier alpha value is -1.94. The second-order valence-electron chi connectivity index (χ2n) is 3.95. The van der Waals surface area contributed by atoms with Crippen LogP contribution >= 0.6 is 0 Å². The molecule has 1 aromatic carbocycles. The number of benzene rings is 1. The number of aryl methyl sites for hydroxylation is 1. The van der Waals surface area contributed by atoms with Gasteiger partial charge in [0.25, 0.3) is 5.56 Å². The summed E-state index contributed by atoms with van der Waals surface area (Å²) in [4.78, 5) is 15.7. The summed E-state index contributed by atoms with van der Waals surface area (Å²) in [5.41, 5.74) is 1.33. The third-order valence-corrected chi connectivity index (χ3v) is 2.57. The molecule has 0 bridgehead atoms. The van der Waals surface area contributed by atoms with Crippen LogP contribution in [0.4, 0.5) is 0 Å². The van der Waals surface area contributed by atoms with E-state index in [4.69, 9.17) is 0 Å². The highest BCUT2D eigenvalue weighted by atomic mass is 16.3. The average Bonchev–Trinajstić information content (AvgIpc) is 2.34. The first-order chi connectivity index (χ1) is 8.16. The number of nitrogens with zero attached hydrogens (tertiary/aromatic N) is 2. The Balaban J connectivity index is 2.19. The lowest BCUT2D eigenvalue weighted by atomic mass is 10.1. The van der Waals surface area contributed by atoms with Crippen LogP contribution in [0.25, 0.3) is 0 Å². The molecule has 4 heteroatoms. The molecule has 0 saturated carbocycles. The van der Waals surface area contributed by atoms with E-state index in [9.17, 15) is 9.90 Å². The van der Waals surface area contributed by atoms with E-state index < -0.39 is 6.10 Å². The Morgan fingerprint density at radius 1 is 1.35 bits per heavy atom. The van der Waals surface area contributed by atoms with Crippen LogP contribution in [0.3, 0.4) is 0 Å². The highest BCUT2D eigenvalue weighted by Crippen LogP contribution is 2.13. The normalized spacial score (nSPS) is 12.4. The molecule has 1 N–H and O–H groups in total. The first-order valence-corrected chi connectivity index (χ1v) is 5.43. The fraction of sp³-hybridized carbons (Fsp3) is 0.231. The first-order valence-electron chi connectivity index (χ1n) is 5.43. The van der Waals surface area contributed by atoms with Gasteiger partial charge in [-0.15, -0.1) is 0 Å². The van der Waals surface area contributed by atoms with Crippen molar-refractivity contribution in [3.05, 3.63) is 64.3 Å². The van der Waals surface area contributed by atoms with Crippen molar-refractivity contribution in [1.82, 2.24) is 9.55 Å². The van der Waals surface area contributed by atoms with Gasteiger partial charge in [0.2, 0.25) is 0 Å². The summed E-state index contributed by atoms with van der Waals surface area (Å²) in [5, 5.41) is 9.98. The van der Waals surface area contributed by atoms with Crippen LogP contribution in [0, 0.1) is 6.92 Å². The minimum absolute atomic E-state index is 0.146. The summed E-state index contributed by atoms with van der Waals surface area (Å²) >= 11 is 0. The zero-order valence-electron chi connectivity index (χ0n) is 9.58. The van der Waals surface area contributed by atoms with Gasteiger partial charge in [0.15, 0.2) is 0 Å². The van der Waals surface area contributed by atoms with Gasteiger partial charge in [-0.1, -0.05) is 30.3 Å². The molecule has 0 fully saturated rings. The topological polar surface area (TPSA) is 55.1 Å². The maximum absolute atomic E-state index is 11.6. The SMILES string of the molecule is Cc1cc(=O)n(CC(O)c2ccccc2)cn1. The summed E-state index contributed by atoms with van der Waals surface area (Å²) in [5.74, 6) is 0. The molecule has 0 amide bonds. The summed E-state index contributed by atoms with van der Waals surface area (Å²) in [7, 11) is 0. The van der Waals surface area contributed by atoms with E-state index in [-0.39, 0.29) is 12.1 Å². The number of hydrogen-bond acceptors (Lipinski definition) is 3. The van der Waals surface area contributed by atoms with Crippen molar-refractivity contribution in [2.24, 2.45) is 0 Å². The minimum atomic E-state index is -0.696. The molecule has 2 rings (SSSR count). The number of aliphatic hydroxyl groups excluding tert-OH is 1. The molecule has 0 spiro atoms. The predicted molar refractivity (Wildman–Crippen MR) is 64.6 cm³/mol. The lowest BCUT2D eigenvalue weighted by Crippen LogP contribution is -2.23. The Kier molecular flexibility index (Phi) is 3.35. The first kappa shape index (κ1) is 11.5. The Morgan fingerprint density at radius 2 is 2.06 bits per heavy atom. The number of hydrogen-bond donors (Lipinski definition) is 1. The van der Waals surface area contributed by atoms with Crippen LogP contribution in [0.1, 0.15) is 17.4 Å². The van der Waals surface area contributed by atoms with E-state index >= 15 is 0 Å². The smallest absolute Gasteiger partial charge is 0.253 e. The van der Waals surface area contributed by atoms with Crippen LogP contribution in [0.2, 0.25) is 0 Å². The van der Waals surface area contributed by atoms with E-state index in [1.807, 2.05) is 30.3 Å². The van der Waals surface area contributed by atoms with Crippen LogP contribution in [-0.2, 0) is 6.54 Å². The lowest BCUT2D eigenvalue weighted by Gasteiger charge is -2.12. The lowest BCUT2D eigenvalue weighted by molar-refractivity contribution is 0.154. The largest absolute Gasteiger partial charge is 0.387 e. The van der Waals surface area contributed by atoms with E-state index in [0.717, 1.165) is 5.56 Å². The fourth-order valence-corrected chi connectivity index (χ4v) is 1.62. The average molecular weight is 230 g/mol. The molecule has 0 saturated heterocycles. The molecule has 2 aromatic rings. The predicted octanol–water partition coefficient (Wildman–Crippen LogP) is 1.29. The summed E-state index contributed by atoms with van der Waals surface area (Å²) in [6.07, 6.45) is 0.766. The van der Waals surface area contributed by atoms with Gasteiger partial charge >= 0.3 is 0 Å². The summed E-state index contributed by atoms with van der Waals surface area (Å²) in [6, 6.07) is 10.7. The summed E-state index contributed by atoms with van der Waals surface area (Å²) < 4.78 is 1.41. The van der Waals surface area contributed by atoms with Crippen molar-refractivity contribution in [3.8, 4) is 0 Å². The highest BCUT2D eigenvalue weighted by molar-refractivity contribution is 5.17. The third-order valence-electron chi connectivity index (χ3n) is 2.57. The molecule has 4 nitrogen and oxygen atoms in total. The Bertz CT molecular complexity index is 549. The maximum atomic E-state index is 11.6. The molecule has 1 unspecified atom stereocenters. The van der Waals surface area contributed by atoms with Crippen molar-refractivity contribution in [2.75, 3.05) is 0 Å². The second-order valence-corrected chi connectivity index (χ2v) is 3.95. The molecule has 1 atom stereocenters. The molecule has 1 aromatic heterocycles. The second kappa shape index (κ2) is 4.93. The number of rotatable bonds is 3. The van der Waals surface area contributed by atoms with Gasteiger partial charge < -0.3 is 5.11 Å². The van der Waals surface area contributed by atoms with E-state index in [1.54, 1.807) is 6.92 Å². The minimum Gasteiger partial charge on any atom is -0.387 e. The van der Waals surface area contributed by atoms with Gasteiger partial charge in [0.05, 0.1) is 19.0 Å². The van der Waals surface area contributed by atoms with E-state index in [1.165, 1.54) is 17.0 Å². The monoisotopic (exact) mass is 230 g/mol. The van der Waals surface area contributed by atoms with Gasteiger partial charge in [0.1, 0.15) is 0 Å². The molecule has 88 valence electrons. The standard InChI is InChI=1S/C13H14N2O2/c1-10-7-13(17)15(9-14-10)8-12(16)11-5-3-2-4-6-11/h2-7,9,12,16H,8H2,1H3. The molecule has 0 aliphatic rings. The Labute approximate surface area is 99.2 Å². The van der Waals surface area contributed by atoms with Crippen LogP contribution < -0.4 is 5.56 Å². The van der Waals surface area contributed by atoms with Crippen molar-refractivity contribution in [3.63, 3.8) is 0 Å². The van der Waals surface area contributed by atoms with Gasteiger partial charge in [0, 0.05) is 11.8 Å². The molecule has 1 heterocycles. The third kappa shape index (κ3) is 2.79. The quantitative estimate of drug-likeness (QED) is 0.864. The van der Waals surface area contributed by atoms with Crippen molar-refractivity contribution in [2.45, 2.75) is 19.6 Å². The van der Waals surface area contributed by atoms with Crippen LogP contribution in [-0.4, -0.2) is 14.7 Å². The molecule has 0 aliphatic heterocycles. The zero-order valence-corrected chi connectivity index (χ0v) is 9.58. The van der Waals surface area contributed by atoms with E-state index in [0.29, 0.717) is 5.69 Å². The molecular formula is C13H14N2O2. The van der Waals surface area contributed by atoms with Gasteiger partial charge in [-0.3, -0.25) is 9.36 Å².